The Morgan fingerprint density at radius 1 is 1.33 bits per heavy atom. The Bertz CT molecular complexity index is 672. The molecule has 1 aliphatic carbocycles. The summed E-state index contributed by atoms with van der Waals surface area (Å²) in [5.74, 6) is 0.273. The van der Waals surface area contributed by atoms with Gasteiger partial charge in [-0.05, 0) is 50.3 Å². The zero-order valence-electron chi connectivity index (χ0n) is 13.5. The molecule has 1 aliphatic heterocycles. The third-order valence-corrected chi connectivity index (χ3v) is 4.81. The highest BCUT2D eigenvalue weighted by molar-refractivity contribution is 9.10. The second-order valence-corrected chi connectivity index (χ2v) is 7.00. The van der Waals surface area contributed by atoms with Crippen molar-refractivity contribution in [1.82, 2.24) is 5.32 Å². The maximum atomic E-state index is 12.2. The maximum absolute atomic E-state index is 12.2. The van der Waals surface area contributed by atoms with Gasteiger partial charge in [0.2, 0.25) is 5.91 Å². The number of ether oxygens (including phenoxy) is 1. The molecule has 1 heterocycles. The lowest BCUT2D eigenvalue weighted by Gasteiger charge is -2.29. The normalized spacial score (nSPS) is 17.0. The number of nitrogens with zero attached hydrogens (tertiary/aromatic N) is 1. The minimum Gasteiger partial charge on any atom is -0.482 e. The minimum absolute atomic E-state index is 0.0237. The van der Waals surface area contributed by atoms with Crippen LogP contribution in [0.3, 0.4) is 0 Å². The summed E-state index contributed by atoms with van der Waals surface area (Å²) in [7, 11) is 0. The topological polar surface area (TPSA) is 58.6 Å². The van der Waals surface area contributed by atoms with E-state index in [4.69, 9.17) is 4.74 Å². The highest BCUT2D eigenvalue weighted by Crippen LogP contribution is 2.34. The van der Waals surface area contributed by atoms with Gasteiger partial charge in [0, 0.05) is 11.0 Å². The Morgan fingerprint density at radius 2 is 2.21 bits per heavy atom. The monoisotopic (exact) mass is 392 g/mol. The van der Waals surface area contributed by atoms with Gasteiger partial charge in [-0.15, -0.1) is 0 Å². The molecule has 6 heteroatoms. The summed E-state index contributed by atoms with van der Waals surface area (Å²) >= 11 is 3.38. The quantitative estimate of drug-likeness (QED) is 0.782. The highest BCUT2D eigenvalue weighted by atomic mass is 79.9. The molecule has 3 rings (SSSR count). The lowest BCUT2D eigenvalue weighted by atomic mass is 9.97. The van der Waals surface area contributed by atoms with Gasteiger partial charge in [0.25, 0.3) is 5.91 Å². The molecule has 0 saturated carbocycles. The Kier molecular flexibility index (Phi) is 5.56. The molecule has 0 aromatic heterocycles. The molecule has 0 bridgehead atoms. The van der Waals surface area contributed by atoms with Crippen molar-refractivity contribution in [2.24, 2.45) is 0 Å². The molecular weight excluding hydrogens is 372 g/mol. The molecule has 2 aliphatic rings. The average Bonchev–Trinajstić information content (AvgIpc) is 2.58. The number of halogens is 1. The summed E-state index contributed by atoms with van der Waals surface area (Å²) in [6, 6.07) is 5.43. The standard InChI is InChI=1S/C18H21BrN2O3/c19-14-6-7-15-16(10-14)24-12-18(23)21(15)11-17(22)20-9-8-13-4-2-1-3-5-13/h4,6-7,10H,1-3,5,8-9,11-12H2,(H,20,22). The van der Waals surface area contributed by atoms with Gasteiger partial charge in [-0.3, -0.25) is 14.5 Å². The number of hydrogen-bond acceptors (Lipinski definition) is 3. The number of nitrogens with one attached hydrogen (secondary N) is 1. The van der Waals surface area contributed by atoms with E-state index in [0.717, 1.165) is 23.7 Å². The Morgan fingerprint density at radius 3 is 3.00 bits per heavy atom. The zero-order valence-corrected chi connectivity index (χ0v) is 15.1. The molecule has 128 valence electrons. The maximum Gasteiger partial charge on any atom is 0.265 e. The molecule has 1 aromatic rings. The first-order valence-electron chi connectivity index (χ1n) is 8.31. The van der Waals surface area contributed by atoms with Crippen molar-refractivity contribution in [2.75, 3.05) is 24.6 Å². The molecule has 0 saturated heterocycles. The van der Waals surface area contributed by atoms with E-state index in [9.17, 15) is 9.59 Å². The van der Waals surface area contributed by atoms with E-state index in [0.29, 0.717) is 18.0 Å². The molecule has 0 atom stereocenters. The van der Waals surface area contributed by atoms with E-state index in [1.54, 1.807) is 6.07 Å². The molecular formula is C18H21BrN2O3. The van der Waals surface area contributed by atoms with Crippen LogP contribution >= 0.6 is 15.9 Å². The molecule has 0 radical (unpaired) electrons. The van der Waals surface area contributed by atoms with E-state index in [2.05, 4.69) is 27.3 Å². The van der Waals surface area contributed by atoms with Crippen LogP contribution in [0.5, 0.6) is 5.75 Å². The molecule has 0 spiro atoms. The highest BCUT2D eigenvalue weighted by Gasteiger charge is 2.27. The van der Waals surface area contributed by atoms with Gasteiger partial charge >= 0.3 is 0 Å². The summed E-state index contributed by atoms with van der Waals surface area (Å²) in [5, 5.41) is 2.92. The number of amides is 2. The summed E-state index contributed by atoms with van der Waals surface area (Å²) < 4.78 is 6.30. The third-order valence-electron chi connectivity index (χ3n) is 4.32. The number of carbonyl (C=O) groups excluding carboxylic acids is 2. The minimum atomic E-state index is -0.199. The third kappa shape index (κ3) is 4.17. The molecule has 5 nitrogen and oxygen atoms in total. The first kappa shape index (κ1) is 17.0. The number of fused-ring (bicyclic) bond motifs is 1. The molecule has 0 fully saturated rings. The predicted octanol–water partition coefficient (Wildman–Crippen LogP) is 3.18. The smallest absolute Gasteiger partial charge is 0.265 e. The lowest BCUT2D eigenvalue weighted by Crippen LogP contribution is -2.45. The first-order chi connectivity index (χ1) is 11.6. The van der Waals surface area contributed by atoms with Crippen LogP contribution in [-0.2, 0) is 9.59 Å². The number of anilines is 1. The van der Waals surface area contributed by atoms with Crippen molar-refractivity contribution in [3.05, 3.63) is 34.3 Å². The summed E-state index contributed by atoms with van der Waals surface area (Å²) in [5.41, 5.74) is 2.07. The van der Waals surface area contributed by atoms with Crippen molar-refractivity contribution in [1.29, 1.82) is 0 Å². The second kappa shape index (κ2) is 7.83. The van der Waals surface area contributed by atoms with Crippen LogP contribution in [0.15, 0.2) is 34.3 Å². The van der Waals surface area contributed by atoms with E-state index < -0.39 is 0 Å². The van der Waals surface area contributed by atoms with Crippen LogP contribution in [-0.4, -0.2) is 31.5 Å². The van der Waals surface area contributed by atoms with Crippen LogP contribution < -0.4 is 15.0 Å². The van der Waals surface area contributed by atoms with E-state index in [-0.39, 0.29) is 25.0 Å². The Balaban J connectivity index is 1.56. The Hall–Kier alpha value is -1.82. The zero-order chi connectivity index (χ0) is 16.9. The van der Waals surface area contributed by atoms with E-state index >= 15 is 0 Å². The largest absolute Gasteiger partial charge is 0.482 e. The van der Waals surface area contributed by atoms with E-state index in [1.807, 2.05) is 12.1 Å². The van der Waals surface area contributed by atoms with Gasteiger partial charge in [0.05, 0.1) is 5.69 Å². The molecule has 24 heavy (non-hydrogen) atoms. The van der Waals surface area contributed by atoms with Crippen LogP contribution in [0.25, 0.3) is 0 Å². The average molecular weight is 393 g/mol. The van der Waals surface area contributed by atoms with Crippen LogP contribution in [0.2, 0.25) is 0 Å². The molecule has 1 aromatic carbocycles. The van der Waals surface area contributed by atoms with Crippen molar-refractivity contribution in [3.63, 3.8) is 0 Å². The number of benzene rings is 1. The fraction of sp³-hybridized carbons (Fsp3) is 0.444. The van der Waals surface area contributed by atoms with Gasteiger partial charge in [-0.25, -0.2) is 0 Å². The number of hydrogen-bond donors (Lipinski definition) is 1. The van der Waals surface area contributed by atoms with Crippen molar-refractivity contribution in [2.45, 2.75) is 32.1 Å². The van der Waals surface area contributed by atoms with Gasteiger partial charge < -0.3 is 10.1 Å². The van der Waals surface area contributed by atoms with Crippen molar-refractivity contribution >= 4 is 33.4 Å². The Labute approximate surface area is 150 Å². The summed E-state index contributed by atoms with van der Waals surface area (Å²) in [6.45, 7) is 0.607. The summed E-state index contributed by atoms with van der Waals surface area (Å²) in [6.07, 6.45) is 7.98. The molecule has 1 N–H and O–H groups in total. The van der Waals surface area contributed by atoms with Crippen LogP contribution in [0.1, 0.15) is 32.1 Å². The van der Waals surface area contributed by atoms with Gasteiger partial charge in [0.15, 0.2) is 6.61 Å². The number of carbonyl (C=O) groups is 2. The van der Waals surface area contributed by atoms with Gasteiger partial charge in [-0.2, -0.15) is 0 Å². The summed E-state index contributed by atoms with van der Waals surface area (Å²) in [4.78, 5) is 25.8. The second-order valence-electron chi connectivity index (χ2n) is 6.09. The number of rotatable bonds is 5. The van der Waals surface area contributed by atoms with Crippen molar-refractivity contribution in [3.8, 4) is 5.75 Å². The van der Waals surface area contributed by atoms with Crippen molar-refractivity contribution < 1.29 is 14.3 Å². The fourth-order valence-electron chi connectivity index (χ4n) is 3.05. The van der Waals surface area contributed by atoms with Crippen LogP contribution in [0, 0.1) is 0 Å². The SMILES string of the molecule is O=C(CN1C(=O)COc2cc(Br)ccc21)NCCC1=CCCCC1. The van der Waals surface area contributed by atoms with Gasteiger partial charge in [0.1, 0.15) is 12.3 Å². The molecule has 0 unspecified atom stereocenters. The van der Waals surface area contributed by atoms with E-state index in [1.165, 1.54) is 23.3 Å². The fourth-order valence-corrected chi connectivity index (χ4v) is 3.39. The lowest BCUT2D eigenvalue weighted by molar-refractivity contribution is -0.125. The van der Waals surface area contributed by atoms with Crippen LogP contribution in [0.4, 0.5) is 5.69 Å². The van der Waals surface area contributed by atoms with Gasteiger partial charge in [-0.1, -0.05) is 27.6 Å². The first-order valence-corrected chi connectivity index (χ1v) is 9.10. The molecule has 2 amide bonds. The number of allylic oxidation sites excluding steroid dienone is 1. The predicted molar refractivity (Wildman–Crippen MR) is 96.2 cm³/mol.